The van der Waals surface area contributed by atoms with Gasteiger partial charge >= 0.3 is 12.0 Å². The smallest absolute Gasteiger partial charge is 0.314 e. The van der Waals surface area contributed by atoms with Gasteiger partial charge in [0.15, 0.2) is 0 Å². The Balaban J connectivity index is 3.87. The van der Waals surface area contributed by atoms with Crippen molar-refractivity contribution in [1.29, 1.82) is 0 Å². The highest BCUT2D eigenvalue weighted by Crippen LogP contribution is 1.97. The molecule has 0 saturated heterocycles. The number of hydrogen-bond donors (Lipinski definition) is 3. The third-order valence-electron chi connectivity index (χ3n) is 2.36. The number of aliphatic carboxylic acids is 1. The highest BCUT2D eigenvalue weighted by atomic mass is 16.5. The van der Waals surface area contributed by atoms with Crippen LogP contribution in [0.1, 0.15) is 20.3 Å². The summed E-state index contributed by atoms with van der Waals surface area (Å²) >= 11 is 0. The molecule has 0 saturated carbocycles. The summed E-state index contributed by atoms with van der Waals surface area (Å²) in [4.78, 5) is 22.1. The van der Waals surface area contributed by atoms with Gasteiger partial charge in [0.25, 0.3) is 0 Å². The second-order valence-corrected chi connectivity index (χ2v) is 4.33. The van der Waals surface area contributed by atoms with Gasteiger partial charge in [0, 0.05) is 26.8 Å². The average Bonchev–Trinajstić information content (AvgIpc) is 2.33. The van der Waals surface area contributed by atoms with Crippen LogP contribution in [-0.4, -0.2) is 56.6 Å². The van der Waals surface area contributed by atoms with Crippen molar-refractivity contribution in [2.24, 2.45) is 5.92 Å². The van der Waals surface area contributed by atoms with Crippen LogP contribution in [0.5, 0.6) is 0 Å². The molecule has 0 fully saturated rings. The Bertz CT molecular complexity index is 273. The number of ether oxygens (including phenoxy) is 2. The van der Waals surface area contributed by atoms with Gasteiger partial charge < -0.3 is 25.2 Å². The summed E-state index contributed by atoms with van der Waals surface area (Å²) in [5.74, 6) is -0.730. The zero-order chi connectivity index (χ0) is 14.7. The molecule has 0 aliphatic carbocycles. The molecule has 112 valence electrons. The molecule has 0 aromatic heterocycles. The molecule has 0 radical (unpaired) electrons. The number of nitrogens with one attached hydrogen (secondary N) is 2. The Kier molecular flexibility index (Phi) is 9.82. The number of carbonyl (C=O) groups is 2. The van der Waals surface area contributed by atoms with Gasteiger partial charge in [-0.2, -0.15) is 0 Å². The Morgan fingerprint density at radius 2 is 1.89 bits per heavy atom. The van der Waals surface area contributed by atoms with E-state index in [1.807, 2.05) is 6.92 Å². The van der Waals surface area contributed by atoms with Crippen LogP contribution < -0.4 is 10.6 Å². The van der Waals surface area contributed by atoms with Crippen LogP contribution in [0.15, 0.2) is 0 Å². The van der Waals surface area contributed by atoms with Crippen LogP contribution in [0, 0.1) is 5.92 Å². The Labute approximate surface area is 113 Å². The van der Waals surface area contributed by atoms with Crippen molar-refractivity contribution in [3.63, 3.8) is 0 Å². The fraction of sp³-hybridized carbons (Fsp3) is 0.833. The lowest BCUT2D eigenvalue weighted by atomic mass is 10.2. The molecule has 0 heterocycles. The summed E-state index contributed by atoms with van der Waals surface area (Å²) < 4.78 is 10.2. The number of methoxy groups -OCH3 is 1. The topological polar surface area (TPSA) is 96.9 Å². The molecular formula is C12H24N2O5. The van der Waals surface area contributed by atoms with Gasteiger partial charge in [0.05, 0.1) is 19.1 Å². The van der Waals surface area contributed by atoms with E-state index in [1.54, 1.807) is 14.0 Å². The molecule has 0 aliphatic heterocycles. The fourth-order valence-corrected chi connectivity index (χ4v) is 1.50. The highest BCUT2D eigenvalue weighted by molar-refractivity contribution is 5.74. The van der Waals surface area contributed by atoms with Crippen LogP contribution >= 0.6 is 0 Å². The van der Waals surface area contributed by atoms with Crippen molar-refractivity contribution in [1.82, 2.24) is 10.6 Å². The zero-order valence-electron chi connectivity index (χ0n) is 11.8. The molecule has 7 nitrogen and oxygen atoms in total. The second kappa shape index (κ2) is 10.6. The van der Waals surface area contributed by atoms with Gasteiger partial charge in [-0.1, -0.05) is 6.92 Å². The maximum atomic E-state index is 11.5. The van der Waals surface area contributed by atoms with Gasteiger partial charge in [0.1, 0.15) is 0 Å². The number of carbonyl (C=O) groups excluding carboxylic acids is 1. The molecular weight excluding hydrogens is 252 g/mol. The van der Waals surface area contributed by atoms with Crippen molar-refractivity contribution >= 4 is 12.0 Å². The number of carboxylic acids is 1. The van der Waals surface area contributed by atoms with Crippen LogP contribution in [-0.2, 0) is 14.3 Å². The first-order valence-corrected chi connectivity index (χ1v) is 6.33. The van der Waals surface area contributed by atoms with Crippen LogP contribution in [0.3, 0.4) is 0 Å². The summed E-state index contributed by atoms with van der Waals surface area (Å²) in [6.45, 7) is 5.38. The lowest BCUT2D eigenvalue weighted by Gasteiger charge is -2.17. The quantitative estimate of drug-likeness (QED) is 0.538. The second-order valence-electron chi connectivity index (χ2n) is 4.33. The van der Waals surface area contributed by atoms with E-state index in [1.165, 1.54) is 0 Å². The van der Waals surface area contributed by atoms with E-state index in [9.17, 15) is 9.59 Å². The first-order chi connectivity index (χ1) is 8.99. The van der Waals surface area contributed by atoms with Gasteiger partial charge in [-0.15, -0.1) is 0 Å². The number of rotatable bonds is 10. The van der Waals surface area contributed by atoms with E-state index in [-0.39, 0.29) is 24.9 Å². The van der Waals surface area contributed by atoms with Gasteiger partial charge in [-0.25, -0.2) is 4.79 Å². The highest BCUT2D eigenvalue weighted by Gasteiger charge is 2.14. The maximum Gasteiger partial charge on any atom is 0.314 e. The first-order valence-electron chi connectivity index (χ1n) is 6.33. The molecule has 7 heteroatoms. The molecule has 2 amide bonds. The molecule has 2 unspecified atom stereocenters. The minimum Gasteiger partial charge on any atom is -0.481 e. The molecule has 0 aromatic rings. The van der Waals surface area contributed by atoms with Crippen molar-refractivity contribution in [3.8, 4) is 0 Å². The molecule has 19 heavy (non-hydrogen) atoms. The van der Waals surface area contributed by atoms with Crippen molar-refractivity contribution in [2.75, 3.05) is 33.4 Å². The van der Waals surface area contributed by atoms with Crippen molar-refractivity contribution in [2.45, 2.75) is 26.4 Å². The van der Waals surface area contributed by atoms with Gasteiger partial charge in [-0.3, -0.25) is 4.79 Å². The molecule has 0 aliphatic rings. The zero-order valence-corrected chi connectivity index (χ0v) is 11.8. The monoisotopic (exact) mass is 276 g/mol. The minimum atomic E-state index is -0.950. The van der Waals surface area contributed by atoms with E-state index in [4.69, 9.17) is 14.6 Å². The first kappa shape index (κ1) is 17.7. The molecule has 0 bridgehead atoms. The number of amides is 2. The van der Waals surface area contributed by atoms with Crippen molar-refractivity contribution < 1.29 is 24.2 Å². The van der Waals surface area contributed by atoms with Gasteiger partial charge in [0.2, 0.25) is 0 Å². The summed E-state index contributed by atoms with van der Waals surface area (Å²) in [6.07, 6.45) is -0.640. The third-order valence-corrected chi connectivity index (χ3v) is 2.36. The predicted octanol–water partition coefficient (Wildman–Crippen LogP) is 0.448. The van der Waals surface area contributed by atoms with Crippen LogP contribution in [0.25, 0.3) is 0 Å². The fourth-order valence-electron chi connectivity index (χ4n) is 1.50. The SMILES string of the molecule is CCOC(CNC(=O)NCC(C)COC)CC(=O)O. The Hall–Kier alpha value is -1.34. The Morgan fingerprint density at radius 3 is 2.42 bits per heavy atom. The van der Waals surface area contributed by atoms with E-state index < -0.39 is 12.1 Å². The predicted molar refractivity (Wildman–Crippen MR) is 70.1 cm³/mol. The normalized spacial score (nSPS) is 13.6. The average molecular weight is 276 g/mol. The third kappa shape index (κ3) is 10.3. The summed E-state index contributed by atoms with van der Waals surface area (Å²) in [7, 11) is 1.61. The summed E-state index contributed by atoms with van der Waals surface area (Å²) in [5, 5.41) is 14.0. The standard InChI is InChI=1S/C12H24N2O5/c1-4-19-10(5-11(15)16)7-14-12(17)13-6-9(2)8-18-3/h9-10H,4-8H2,1-3H3,(H,15,16)(H2,13,14,17). The molecule has 0 rings (SSSR count). The molecule has 2 atom stereocenters. The summed E-state index contributed by atoms with van der Waals surface area (Å²) in [6, 6.07) is -0.335. The van der Waals surface area contributed by atoms with Crippen molar-refractivity contribution in [3.05, 3.63) is 0 Å². The van der Waals surface area contributed by atoms with E-state index in [0.29, 0.717) is 19.8 Å². The molecule has 0 spiro atoms. The maximum absolute atomic E-state index is 11.5. The van der Waals surface area contributed by atoms with E-state index >= 15 is 0 Å². The van der Waals surface area contributed by atoms with E-state index in [0.717, 1.165) is 0 Å². The number of hydrogen-bond acceptors (Lipinski definition) is 4. The largest absolute Gasteiger partial charge is 0.481 e. The molecule has 3 N–H and O–H groups in total. The lowest BCUT2D eigenvalue weighted by Crippen LogP contribution is -2.42. The lowest BCUT2D eigenvalue weighted by molar-refractivity contribution is -0.140. The number of urea groups is 1. The minimum absolute atomic E-state index is 0.131. The van der Waals surface area contributed by atoms with Crippen LogP contribution in [0.4, 0.5) is 4.79 Å². The van der Waals surface area contributed by atoms with Crippen LogP contribution in [0.2, 0.25) is 0 Å². The number of carboxylic acid groups (broad SMARTS) is 1. The van der Waals surface area contributed by atoms with E-state index in [2.05, 4.69) is 10.6 Å². The Morgan fingerprint density at radius 1 is 1.26 bits per heavy atom. The van der Waals surface area contributed by atoms with Gasteiger partial charge in [-0.05, 0) is 12.8 Å². The molecule has 0 aromatic carbocycles. The summed E-state index contributed by atoms with van der Waals surface area (Å²) in [5.41, 5.74) is 0.